The summed E-state index contributed by atoms with van der Waals surface area (Å²) in [4.78, 5) is 15.0. The molecule has 132 valence electrons. The number of aromatic nitrogens is 1. The minimum absolute atomic E-state index is 0.323. The molecule has 0 atom stereocenters. The molecule has 2 N–H and O–H groups in total. The van der Waals surface area contributed by atoms with Crippen LogP contribution in [0.4, 0.5) is 5.69 Å². The van der Waals surface area contributed by atoms with Crippen molar-refractivity contribution in [2.75, 3.05) is 12.0 Å². The molecule has 2 aromatic rings. The lowest BCUT2D eigenvalue weighted by Crippen LogP contribution is -2.06. The van der Waals surface area contributed by atoms with E-state index in [1.54, 1.807) is 19.2 Å². The van der Waals surface area contributed by atoms with Gasteiger partial charge in [0.25, 0.3) is 0 Å². The van der Waals surface area contributed by atoms with Crippen molar-refractivity contribution >= 4 is 50.4 Å². The third-order valence-electron chi connectivity index (χ3n) is 3.49. The summed E-state index contributed by atoms with van der Waals surface area (Å²) < 4.78 is 6.04. The van der Waals surface area contributed by atoms with Crippen molar-refractivity contribution in [2.45, 2.75) is 20.8 Å². The van der Waals surface area contributed by atoms with Crippen LogP contribution in [0.5, 0.6) is 0 Å². The molecule has 5 nitrogen and oxygen atoms in total. The first-order valence-corrected chi connectivity index (χ1v) is 8.88. The molecular formula is C18H19BrClN3O2. The van der Waals surface area contributed by atoms with E-state index < -0.39 is 0 Å². The summed E-state index contributed by atoms with van der Waals surface area (Å²) in [5.74, 6) is -0.385. The van der Waals surface area contributed by atoms with Gasteiger partial charge in [0.05, 0.1) is 17.3 Å². The number of carbonyl (C=O) groups excluding carboxylic acids is 1. The summed E-state index contributed by atoms with van der Waals surface area (Å²) in [5, 5.41) is 4.60. The second-order valence-electron chi connectivity index (χ2n) is 5.26. The number of benzene rings is 1. The van der Waals surface area contributed by atoms with Crippen LogP contribution in [-0.4, -0.2) is 23.8 Å². The topological polar surface area (TPSA) is 66.5 Å². The number of ether oxygens (including phenoxy) is 1. The summed E-state index contributed by atoms with van der Waals surface area (Å²) in [6.45, 7) is 5.78. The number of carbonyl (C=O) groups is 1. The highest BCUT2D eigenvalue weighted by Crippen LogP contribution is 2.28. The number of aryl methyl sites for hydroxylation is 1. The lowest BCUT2D eigenvalue weighted by Gasteiger charge is -2.02. The average molecular weight is 425 g/mol. The number of anilines is 1. The van der Waals surface area contributed by atoms with Gasteiger partial charge >= 0.3 is 5.97 Å². The van der Waals surface area contributed by atoms with E-state index in [4.69, 9.17) is 16.3 Å². The first kappa shape index (κ1) is 19.3. The SMILES string of the molecule is CCOC(=O)c1[nH]c(C)c(C(Cl)=CC=NNc2ccc(Br)cc2)c1C. The fraction of sp³-hybridized carbons (Fsp3) is 0.222. The predicted molar refractivity (Wildman–Crippen MR) is 106 cm³/mol. The largest absolute Gasteiger partial charge is 0.461 e. The maximum Gasteiger partial charge on any atom is 0.355 e. The number of H-pyrrole nitrogens is 1. The number of hydrogen-bond acceptors (Lipinski definition) is 4. The van der Waals surface area contributed by atoms with Crippen LogP contribution in [0.25, 0.3) is 5.03 Å². The van der Waals surface area contributed by atoms with Crippen molar-refractivity contribution in [3.63, 3.8) is 0 Å². The molecule has 25 heavy (non-hydrogen) atoms. The van der Waals surface area contributed by atoms with Crippen LogP contribution in [0.2, 0.25) is 0 Å². The Morgan fingerprint density at radius 3 is 2.68 bits per heavy atom. The molecule has 7 heteroatoms. The van der Waals surface area contributed by atoms with Gasteiger partial charge in [0.2, 0.25) is 0 Å². The molecule has 0 saturated carbocycles. The van der Waals surface area contributed by atoms with Gasteiger partial charge in [0.1, 0.15) is 5.69 Å². The predicted octanol–water partition coefficient (Wildman–Crippen LogP) is 5.25. The van der Waals surface area contributed by atoms with E-state index in [9.17, 15) is 4.79 Å². The van der Waals surface area contributed by atoms with E-state index in [-0.39, 0.29) is 5.97 Å². The van der Waals surface area contributed by atoms with E-state index in [0.717, 1.165) is 27.0 Å². The molecule has 0 fully saturated rings. The van der Waals surface area contributed by atoms with Gasteiger partial charge in [0.15, 0.2) is 0 Å². The Balaban J connectivity index is 2.12. The molecule has 0 aliphatic carbocycles. The maximum atomic E-state index is 11.9. The van der Waals surface area contributed by atoms with Gasteiger partial charge in [0, 0.05) is 21.9 Å². The van der Waals surface area contributed by atoms with Gasteiger partial charge in [-0.1, -0.05) is 27.5 Å². The minimum Gasteiger partial charge on any atom is -0.461 e. The third kappa shape index (κ3) is 4.96. The number of esters is 1. The molecule has 0 unspecified atom stereocenters. The zero-order chi connectivity index (χ0) is 18.4. The molecule has 0 spiro atoms. The standard InChI is InChI=1S/C18H19BrClN3O2/c1-4-25-18(24)17-11(2)16(12(3)22-17)15(20)9-10-21-23-14-7-5-13(19)6-8-14/h5-10,22-23H,4H2,1-3H3. The molecule has 2 rings (SSSR count). The molecule has 0 aliphatic rings. The van der Waals surface area contributed by atoms with Gasteiger partial charge in [-0.25, -0.2) is 4.79 Å². The maximum absolute atomic E-state index is 11.9. The van der Waals surface area contributed by atoms with Crippen molar-refractivity contribution in [3.8, 4) is 0 Å². The Labute approximate surface area is 160 Å². The van der Waals surface area contributed by atoms with Crippen molar-refractivity contribution in [1.82, 2.24) is 4.98 Å². The van der Waals surface area contributed by atoms with Gasteiger partial charge in [-0.05, 0) is 56.7 Å². The van der Waals surface area contributed by atoms with Crippen molar-refractivity contribution < 1.29 is 9.53 Å². The fourth-order valence-corrected chi connectivity index (χ4v) is 2.94. The Hall–Kier alpha value is -2.05. The van der Waals surface area contributed by atoms with E-state index in [1.807, 2.05) is 38.1 Å². The van der Waals surface area contributed by atoms with Crippen LogP contribution < -0.4 is 5.43 Å². The van der Waals surface area contributed by atoms with Crippen LogP contribution in [-0.2, 0) is 4.74 Å². The van der Waals surface area contributed by atoms with Gasteiger partial charge in [-0.3, -0.25) is 5.43 Å². The van der Waals surface area contributed by atoms with Crippen LogP contribution in [0, 0.1) is 13.8 Å². The van der Waals surface area contributed by atoms with Crippen molar-refractivity contribution in [1.29, 1.82) is 0 Å². The third-order valence-corrected chi connectivity index (χ3v) is 4.33. The number of hydrazone groups is 1. The smallest absolute Gasteiger partial charge is 0.355 e. The zero-order valence-corrected chi connectivity index (χ0v) is 16.5. The normalized spacial score (nSPS) is 11.8. The molecular weight excluding hydrogens is 406 g/mol. The lowest BCUT2D eigenvalue weighted by molar-refractivity contribution is 0.0519. The molecule has 0 radical (unpaired) electrons. The van der Waals surface area contributed by atoms with Crippen LogP contribution >= 0.6 is 27.5 Å². The fourth-order valence-electron chi connectivity index (χ4n) is 2.34. The molecule has 1 aromatic carbocycles. The van der Waals surface area contributed by atoms with Gasteiger partial charge in [-0.15, -0.1) is 0 Å². The number of rotatable bonds is 6. The lowest BCUT2D eigenvalue weighted by atomic mass is 10.1. The highest BCUT2D eigenvalue weighted by molar-refractivity contribution is 9.10. The first-order chi connectivity index (χ1) is 11.9. The second kappa shape index (κ2) is 8.87. The Kier molecular flexibility index (Phi) is 6.84. The minimum atomic E-state index is -0.385. The monoisotopic (exact) mass is 423 g/mol. The van der Waals surface area contributed by atoms with Crippen LogP contribution in [0.15, 0.2) is 39.9 Å². The number of allylic oxidation sites excluding steroid dienone is 1. The second-order valence-corrected chi connectivity index (χ2v) is 6.58. The number of nitrogens with one attached hydrogen (secondary N) is 2. The number of halogens is 2. The number of aromatic amines is 1. The van der Waals surface area contributed by atoms with E-state index >= 15 is 0 Å². The van der Waals surface area contributed by atoms with E-state index in [0.29, 0.717) is 17.3 Å². The molecule has 1 aromatic heterocycles. The number of hydrogen-bond donors (Lipinski definition) is 2. The summed E-state index contributed by atoms with van der Waals surface area (Å²) in [7, 11) is 0. The summed E-state index contributed by atoms with van der Waals surface area (Å²) in [6.07, 6.45) is 3.24. The van der Waals surface area contributed by atoms with Crippen molar-refractivity contribution in [2.24, 2.45) is 5.10 Å². The molecule has 0 bridgehead atoms. The van der Waals surface area contributed by atoms with E-state index in [1.165, 1.54) is 0 Å². The number of nitrogens with zero attached hydrogens (tertiary/aromatic N) is 1. The van der Waals surface area contributed by atoms with Crippen molar-refractivity contribution in [3.05, 3.63) is 57.3 Å². The Morgan fingerprint density at radius 2 is 2.04 bits per heavy atom. The van der Waals surface area contributed by atoms with E-state index in [2.05, 4.69) is 31.4 Å². The summed E-state index contributed by atoms with van der Waals surface area (Å²) >= 11 is 9.76. The zero-order valence-electron chi connectivity index (χ0n) is 14.2. The first-order valence-electron chi connectivity index (χ1n) is 7.71. The van der Waals surface area contributed by atoms with Crippen LogP contribution in [0.1, 0.15) is 34.2 Å². The molecule has 0 aliphatic heterocycles. The Morgan fingerprint density at radius 1 is 1.36 bits per heavy atom. The Bertz CT molecular complexity index is 810. The highest BCUT2D eigenvalue weighted by Gasteiger charge is 2.19. The highest BCUT2D eigenvalue weighted by atomic mass is 79.9. The van der Waals surface area contributed by atoms with Gasteiger partial charge < -0.3 is 9.72 Å². The van der Waals surface area contributed by atoms with Gasteiger partial charge in [-0.2, -0.15) is 5.10 Å². The quantitative estimate of drug-likeness (QED) is 0.378. The molecule has 1 heterocycles. The summed E-state index contributed by atoms with van der Waals surface area (Å²) in [6, 6.07) is 7.64. The average Bonchev–Trinajstić information content (AvgIpc) is 2.88. The summed E-state index contributed by atoms with van der Waals surface area (Å²) in [5.41, 5.74) is 6.53. The molecule has 0 amide bonds. The molecule has 0 saturated heterocycles. The van der Waals surface area contributed by atoms with Crippen LogP contribution in [0.3, 0.4) is 0 Å².